The van der Waals surface area contributed by atoms with Crippen molar-refractivity contribution in [1.82, 2.24) is 9.97 Å². The molecule has 104 valence electrons. The molecular weight excluding hydrogens is 266 g/mol. The first-order chi connectivity index (χ1) is 9.63. The zero-order chi connectivity index (χ0) is 14.5. The number of benzene rings is 1. The van der Waals surface area contributed by atoms with Gasteiger partial charge in [-0.15, -0.1) is 0 Å². The van der Waals surface area contributed by atoms with Gasteiger partial charge in [-0.25, -0.2) is 0 Å². The largest absolute Gasteiger partial charge is 0.481 e. The van der Waals surface area contributed by atoms with Gasteiger partial charge in [0.15, 0.2) is 0 Å². The molecule has 0 fully saturated rings. The highest BCUT2D eigenvalue weighted by Gasteiger charge is 2.16. The predicted molar refractivity (Wildman–Crippen MR) is 68.3 cm³/mol. The lowest BCUT2D eigenvalue weighted by Crippen LogP contribution is -1.99. The third kappa shape index (κ3) is 2.91. The second kappa shape index (κ2) is 5.83. The molecule has 20 heavy (non-hydrogen) atoms. The summed E-state index contributed by atoms with van der Waals surface area (Å²) in [6, 6.07) is 7.29. The molecule has 1 heterocycles. The number of hydrogen-bond donors (Lipinski definition) is 0. The van der Waals surface area contributed by atoms with Crippen LogP contribution in [0.15, 0.2) is 30.3 Å². The zero-order valence-electron chi connectivity index (χ0n) is 10.8. The monoisotopic (exact) mass is 277 g/mol. The Bertz CT molecular complexity index is 610. The lowest BCUT2D eigenvalue weighted by Gasteiger charge is -2.07. The van der Waals surface area contributed by atoms with Crippen molar-refractivity contribution in [3.05, 3.63) is 40.4 Å². The van der Waals surface area contributed by atoms with E-state index in [2.05, 4.69) is 9.97 Å². The van der Waals surface area contributed by atoms with Gasteiger partial charge in [-0.1, -0.05) is 12.1 Å². The highest BCUT2D eigenvalue weighted by molar-refractivity contribution is 5.47. The molecule has 0 amide bonds. The average molecular weight is 277 g/mol. The summed E-state index contributed by atoms with van der Waals surface area (Å²) < 4.78 is 15.3. The van der Waals surface area contributed by atoms with Crippen LogP contribution in [0.1, 0.15) is 0 Å². The molecule has 0 radical (unpaired) electrons. The maximum Gasteiger partial charge on any atom is 0.328 e. The minimum Gasteiger partial charge on any atom is -0.481 e. The van der Waals surface area contributed by atoms with Crippen LogP contribution in [0.3, 0.4) is 0 Å². The lowest BCUT2D eigenvalue weighted by atomic mass is 10.3. The van der Waals surface area contributed by atoms with Gasteiger partial charge in [0.2, 0.25) is 17.5 Å². The van der Waals surface area contributed by atoms with Crippen LogP contribution in [0.2, 0.25) is 0 Å². The van der Waals surface area contributed by atoms with Crippen LogP contribution in [0.25, 0.3) is 0 Å². The molecule has 2 rings (SSSR count). The Hall–Kier alpha value is -2.90. The maximum absolute atomic E-state index is 10.9. The Morgan fingerprint density at radius 2 is 1.70 bits per heavy atom. The SMILES string of the molecule is COc1cc(OC)nc(Oc2ccccc2[N+](=O)[O-])n1. The Morgan fingerprint density at radius 3 is 2.25 bits per heavy atom. The molecule has 0 aliphatic rings. The van der Waals surface area contributed by atoms with E-state index < -0.39 is 4.92 Å². The quantitative estimate of drug-likeness (QED) is 0.610. The highest BCUT2D eigenvalue weighted by atomic mass is 16.6. The number of aromatic nitrogens is 2. The first-order valence-electron chi connectivity index (χ1n) is 5.52. The van der Waals surface area contributed by atoms with Gasteiger partial charge < -0.3 is 14.2 Å². The summed E-state index contributed by atoms with van der Waals surface area (Å²) in [5, 5.41) is 10.9. The molecule has 0 bridgehead atoms. The second-order valence-electron chi connectivity index (χ2n) is 3.56. The predicted octanol–water partition coefficient (Wildman–Crippen LogP) is 2.19. The Labute approximate surface area is 114 Å². The molecule has 0 spiro atoms. The Balaban J connectivity index is 2.37. The lowest BCUT2D eigenvalue weighted by molar-refractivity contribution is -0.385. The summed E-state index contributed by atoms with van der Waals surface area (Å²) >= 11 is 0. The summed E-state index contributed by atoms with van der Waals surface area (Å²) in [5.41, 5.74) is -0.183. The number of methoxy groups -OCH3 is 2. The van der Waals surface area contributed by atoms with E-state index in [0.29, 0.717) is 0 Å². The molecule has 8 heteroatoms. The summed E-state index contributed by atoms with van der Waals surface area (Å²) in [5.74, 6) is 0.490. The van der Waals surface area contributed by atoms with Gasteiger partial charge in [0.25, 0.3) is 0 Å². The van der Waals surface area contributed by atoms with E-state index in [1.807, 2.05) is 0 Å². The van der Waals surface area contributed by atoms with Crippen LogP contribution in [-0.4, -0.2) is 29.1 Å². The number of nitro benzene ring substituents is 1. The van der Waals surface area contributed by atoms with Crippen molar-refractivity contribution in [2.24, 2.45) is 0 Å². The molecule has 0 saturated heterocycles. The van der Waals surface area contributed by atoms with Gasteiger partial charge in [0, 0.05) is 6.07 Å². The fraction of sp³-hybridized carbons (Fsp3) is 0.167. The standard InChI is InChI=1S/C12H11N3O5/c1-18-10-7-11(19-2)14-12(13-10)20-9-6-4-3-5-8(9)15(16)17/h3-7H,1-2H3. The first kappa shape index (κ1) is 13.5. The molecular formula is C12H11N3O5. The number of ether oxygens (including phenoxy) is 3. The van der Waals surface area contributed by atoms with E-state index in [9.17, 15) is 10.1 Å². The number of hydrogen-bond acceptors (Lipinski definition) is 7. The van der Waals surface area contributed by atoms with Crippen LogP contribution in [0, 0.1) is 10.1 Å². The maximum atomic E-state index is 10.9. The second-order valence-corrected chi connectivity index (χ2v) is 3.56. The highest BCUT2D eigenvalue weighted by Crippen LogP contribution is 2.30. The molecule has 0 unspecified atom stereocenters. The van der Waals surface area contributed by atoms with Crippen molar-refractivity contribution < 1.29 is 19.1 Å². The average Bonchev–Trinajstić information content (AvgIpc) is 2.47. The van der Waals surface area contributed by atoms with Crippen LogP contribution < -0.4 is 14.2 Å². The van der Waals surface area contributed by atoms with Crippen molar-refractivity contribution in [2.75, 3.05) is 14.2 Å². The van der Waals surface area contributed by atoms with Gasteiger partial charge in [-0.05, 0) is 6.07 Å². The third-order valence-electron chi connectivity index (χ3n) is 2.34. The topological polar surface area (TPSA) is 96.6 Å². The molecule has 0 saturated carbocycles. The van der Waals surface area contributed by atoms with E-state index in [1.54, 1.807) is 6.07 Å². The van der Waals surface area contributed by atoms with E-state index in [0.717, 1.165) is 0 Å². The Morgan fingerprint density at radius 1 is 1.10 bits per heavy atom. The number of rotatable bonds is 5. The Kier molecular flexibility index (Phi) is 3.94. The van der Waals surface area contributed by atoms with Crippen LogP contribution in [0.4, 0.5) is 5.69 Å². The zero-order valence-corrected chi connectivity index (χ0v) is 10.8. The molecule has 1 aromatic heterocycles. The van der Waals surface area contributed by atoms with E-state index in [1.165, 1.54) is 38.5 Å². The van der Waals surface area contributed by atoms with Gasteiger partial charge in [-0.2, -0.15) is 9.97 Å². The summed E-state index contributed by atoms with van der Waals surface area (Å²) in [6.45, 7) is 0. The molecule has 0 aliphatic heterocycles. The molecule has 0 aliphatic carbocycles. The van der Waals surface area contributed by atoms with E-state index in [4.69, 9.17) is 14.2 Å². The summed E-state index contributed by atoms with van der Waals surface area (Å²) in [7, 11) is 2.85. The number of para-hydroxylation sites is 2. The fourth-order valence-electron chi connectivity index (χ4n) is 1.43. The van der Waals surface area contributed by atoms with Gasteiger partial charge in [-0.3, -0.25) is 10.1 Å². The minimum atomic E-state index is -0.549. The third-order valence-corrected chi connectivity index (χ3v) is 2.34. The van der Waals surface area contributed by atoms with Crippen LogP contribution in [-0.2, 0) is 0 Å². The molecule has 8 nitrogen and oxygen atoms in total. The molecule has 1 aromatic carbocycles. The van der Waals surface area contributed by atoms with E-state index >= 15 is 0 Å². The summed E-state index contributed by atoms with van der Waals surface area (Å²) in [6.07, 6.45) is 0. The molecule has 0 N–H and O–H groups in total. The van der Waals surface area contributed by atoms with Crippen molar-refractivity contribution in [1.29, 1.82) is 0 Å². The number of nitro groups is 1. The number of nitrogens with zero attached hydrogens (tertiary/aromatic N) is 3. The van der Waals surface area contributed by atoms with Crippen molar-refractivity contribution in [2.45, 2.75) is 0 Å². The van der Waals surface area contributed by atoms with Gasteiger partial charge in [0.1, 0.15) is 0 Å². The van der Waals surface area contributed by atoms with Gasteiger partial charge >= 0.3 is 11.7 Å². The molecule has 2 aromatic rings. The van der Waals surface area contributed by atoms with E-state index in [-0.39, 0.29) is 29.2 Å². The van der Waals surface area contributed by atoms with Crippen LogP contribution in [0.5, 0.6) is 23.5 Å². The van der Waals surface area contributed by atoms with Crippen molar-refractivity contribution in [3.8, 4) is 23.5 Å². The van der Waals surface area contributed by atoms with Crippen LogP contribution >= 0.6 is 0 Å². The first-order valence-corrected chi connectivity index (χ1v) is 5.52. The fourth-order valence-corrected chi connectivity index (χ4v) is 1.43. The van der Waals surface area contributed by atoms with Crippen molar-refractivity contribution in [3.63, 3.8) is 0 Å². The molecule has 0 atom stereocenters. The smallest absolute Gasteiger partial charge is 0.328 e. The van der Waals surface area contributed by atoms with Gasteiger partial charge in [0.05, 0.1) is 25.2 Å². The van der Waals surface area contributed by atoms with Crippen molar-refractivity contribution >= 4 is 5.69 Å². The normalized spacial score (nSPS) is 9.90. The minimum absolute atomic E-state index is 0.0350. The summed E-state index contributed by atoms with van der Waals surface area (Å²) in [4.78, 5) is 18.2.